The van der Waals surface area contributed by atoms with E-state index in [1.54, 1.807) is 36.0 Å². The first-order valence-corrected chi connectivity index (χ1v) is 15.6. The molecule has 0 aromatic heterocycles. The summed E-state index contributed by atoms with van der Waals surface area (Å²) in [4.78, 5) is 11.8. The van der Waals surface area contributed by atoms with Crippen LogP contribution in [0.5, 0.6) is 5.75 Å². The highest BCUT2D eigenvalue weighted by Gasteiger charge is 2.09. The second-order valence-electron chi connectivity index (χ2n) is 9.55. The third-order valence-corrected chi connectivity index (χ3v) is 8.32. The Hall–Kier alpha value is -3.38. The normalized spacial score (nSPS) is 10.8. The van der Waals surface area contributed by atoms with Gasteiger partial charge in [0.25, 0.3) is 0 Å². The summed E-state index contributed by atoms with van der Waals surface area (Å²) in [7, 11) is 0. The minimum Gasteiger partial charge on any atom is -0.482 e. The molecule has 5 aromatic carbocycles. The smallest absolute Gasteiger partial charge is 0.341 e. The molecule has 0 saturated carbocycles. The molecule has 0 fully saturated rings. The van der Waals surface area contributed by atoms with Crippen LogP contribution < -0.4 is 4.74 Å². The Morgan fingerprint density at radius 1 is 0.628 bits per heavy atom. The average molecular weight is 666 g/mol. The first-order chi connectivity index (χ1) is 20.7. The lowest BCUT2D eigenvalue weighted by Crippen LogP contribution is -2.09. The summed E-state index contributed by atoms with van der Waals surface area (Å²) < 4.78 is 5.24. The summed E-state index contributed by atoms with van der Waals surface area (Å²) in [5.41, 5.74) is 7.14. The van der Waals surface area contributed by atoms with Crippen molar-refractivity contribution in [2.75, 3.05) is 12.4 Å². The zero-order chi connectivity index (χ0) is 30.3. The Kier molecular flexibility index (Phi) is 10.4. The second kappa shape index (κ2) is 14.4. The van der Waals surface area contributed by atoms with E-state index in [0.717, 1.165) is 43.8 Å². The van der Waals surface area contributed by atoms with Gasteiger partial charge in [0.05, 0.1) is 0 Å². The van der Waals surface area contributed by atoms with Gasteiger partial charge in [0.1, 0.15) is 5.75 Å². The van der Waals surface area contributed by atoms with Crippen LogP contribution in [0, 0.1) is 0 Å². The molecule has 0 bridgehead atoms. The van der Waals surface area contributed by atoms with E-state index in [2.05, 4.69) is 54.6 Å². The molecule has 0 aliphatic rings. The quantitative estimate of drug-likeness (QED) is 0.151. The van der Waals surface area contributed by atoms with Gasteiger partial charge in [-0.15, -0.1) is 11.8 Å². The van der Waals surface area contributed by atoms with Crippen LogP contribution in [0.25, 0.3) is 27.8 Å². The summed E-state index contributed by atoms with van der Waals surface area (Å²) in [6, 6.07) is 35.1. The molecule has 43 heavy (non-hydrogen) atoms. The molecule has 0 aliphatic carbocycles. The maximum Gasteiger partial charge on any atom is 0.341 e. The van der Waals surface area contributed by atoms with E-state index in [4.69, 9.17) is 56.2 Å². The third kappa shape index (κ3) is 8.60. The average Bonchev–Trinajstić information content (AvgIpc) is 2.98. The van der Waals surface area contributed by atoms with Gasteiger partial charge in [-0.25, -0.2) is 4.79 Å². The Morgan fingerprint density at radius 2 is 1.07 bits per heavy atom. The number of carboxylic acid groups (broad SMARTS) is 1. The standard InChI is InChI=1S/C35H24Cl4O3S/c36-28-15-26(16-29(37)19-28)22-1-5-24(6-2-22)34(13-14-43-33-11-9-32(10-12-33)42-21-35(40)41)25-7-3-23(4-8-25)27-17-30(38)20-31(39)18-27/h1-13,15-20H,14,21H2,(H,40,41). The summed E-state index contributed by atoms with van der Waals surface area (Å²) in [5, 5.41) is 11.2. The fraction of sp³-hybridized carbons (Fsp3) is 0.0571. The maximum atomic E-state index is 10.8. The largest absolute Gasteiger partial charge is 0.482 e. The first kappa shape index (κ1) is 31.1. The van der Waals surface area contributed by atoms with E-state index in [-0.39, 0.29) is 6.61 Å². The number of hydrogen-bond donors (Lipinski definition) is 1. The van der Waals surface area contributed by atoms with Gasteiger partial charge < -0.3 is 9.84 Å². The minimum absolute atomic E-state index is 0.370. The highest BCUT2D eigenvalue weighted by atomic mass is 35.5. The van der Waals surface area contributed by atoms with Gasteiger partial charge in [-0.2, -0.15) is 0 Å². The number of carboxylic acids is 1. The van der Waals surface area contributed by atoms with Crippen molar-refractivity contribution in [1.29, 1.82) is 0 Å². The highest BCUT2D eigenvalue weighted by Crippen LogP contribution is 2.33. The van der Waals surface area contributed by atoms with E-state index in [1.165, 1.54) is 0 Å². The molecule has 5 aromatic rings. The van der Waals surface area contributed by atoms with Crippen molar-refractivity contribution in [3.63, 3.8) is 0 Å². The van der Waals surface area contributed by atoms with Crippen molar-refractivity contribution in [2.45, 2.75) is 4.90 Å². The van der Waals surface area contributed by atoms with Crippen molar-refractivity contribution in [3.05, 3.63) is 146 Å². The van der Waals surface area contributed by atoms with Crippen molar-refractivity contribution in [2.24, 2.45) is 0 Å². The second-order valence-corrected chi connectivity index (χ2v) is 12.4. The number of ether oxygens (including phenoxy) is 1. The van der Waals surface area contributed by atoms with Gasteiger partial charge >= 0.3 is 5.97 Å². The van der Waals surface area contributed by atoms with Crippen LogP contribution in [0.3, 0.4) is 0 Å². The Balaban J connectivity index is 1.42. The number of carbonyl (C=O) groups is 1. The number of halogens is 4. The Labute approximate surface area is 274 Å². The zero-order valence-electron chi connectivity index (χ0n) is 22.6. The molecule has 0 radical (unpaired) electrons. The molecule has 0 unspecified atom stereocenters. The van der Waals surface area contributed by atoms with E-state index in [0.29, 0.717) is 31.6 Å². The van der Waals surface area contributed by atoms with Crippen LogP contribution >= 0.6 is 58.2 Å². The van der Waals surface area contributed by atoms with E-state index in [9.17, 15) is 4.79 Å². The van der Waals surface area contributed by atoms with Crippen LogP contribution in [0.1, 0.15) is 11.1 Å². The number of aliphatic carboxylic acids is 1. The van der Waals surface area contributed by atoms with Crippen LogP contribution in [0.2, 0.25) is 20.1 Å². The van der Waals surface area contributed by atoms with Gasteiger partial charge in [0.2, 0.25) is 0 Å². The predicted octanol–water partition coefficient (Wildman–Crippen LogP) is 11.3. The van der Waals surface area contributed by atoms with Gasteiger partial charge in [-0.05, 0) is 99.6 Å². The van der Waals surface area contributed by atoms with Crippen molar-refractivity contribution < 1.29 is 14.6 Å². The summed E-state index contributed by atoms with van der Waals surface area (Å²) in [5.74, 6) is 0.220. The number of thioether (sulfide) groups is 1. The SMILES string of the molecule is O=C(O)COc1ccc(SCC=C(c2ccc(-c3cc(Cl)cc(Cl)c3)cc2)c2ccc(-c3cc(Cl)cc(Cl)c3)cc2)cc1. The number of hydrogen-bond acceptors (Lipinski definition) is 3. The fourth-order valence-electron chi connectivity index (χ4n) is 4.53. The van der Waals surface area contributed by atoms with Crippen molar-refractivity contribution in [3.8, 4) is 28.0 Å². The lowest BCUT2D eigenvalue weighted by molar-refractivity contribution is -0.139. The lowest BCUT2D eigenvalue weighted by atomic mass is 9.94. The number of benzene rings is 5. The summed E-state index contributed by atoms with van der Waals surface area (Å²) in [6.45, 7) is -0.370. The van der Waals surface area contributed by atoms with Crippen LogP contribution in [-0.4, -0.2) is 23.4 Å². The Morgan fingerprint density at radius 3 is 1.49 bits per heavy atom. The van der Waals surface area contributed by atoms with Crippen LogP contribution in [0.15, 0.2) is 120 Å². The molecule has 0 spiro atoms. The van der Waals surface area contributed by atoms with Crippen LogP contribution in [0.4, 0.5) is 0 Å². The molecule has 0 saturated heterocycles. The first-order valence-electron chi connectivity index (χ1n) is 13.1. The maximum absolute atomic E-state index is 10.8. The molecular formula is C35H24Cl4O3S. The Bertz CT molecular complexity index is 1630. The molecule has 0 aliphatic heterocycles. The molecular weight excluding hydrogens is 642 g/mol. The highest BCUT2D eigenvalue weighted by molar-refractivity contribution is 7.99. The lowest BCUT2D eigenvalue weighted by Gasteiger charge is -2.12. The predicted molar refractivity (Wildman–Crippen MR) is 181 cm³/mol. The van der Waals surface area contributed by atoms with E-state index < -0.39 is 5.97 Å². The van der Waals surface area contributed by atoms with Gasteiger partial charge in [-0.3, -0.25) is 0 Å². The number of rotatable bonds is 10. The molecule has 1 N–H and O–H groups in total. The van der Waals surface area contributed by atoms with Gasteiger partial charge in [0, 0.05) is 30.7 Å². The molecule has 0 heterocycles. The molecule has 3 nitrogen and oxygen atoms in total. The van der Waals surface area contributed by atoms with E-state index >= 15 is 0 Å². The molecule has 0 atom stereocenters. The van der Waals surface area contributed by atoms with Crippen molar-refractivity contribution >= 4 is 69.7 Å². The minimum atomic E-state index is -1.01. The molecule has 216 valence electrons. The molecule has 5 rings (SSSR count). The van der Waals surface area contributed by atoms with Gasteiger partial charge in [0.15, 0.2) is 6.61 Å². The topological polar surface area (TPSA) is 46.5 Å². The summed E-state index contributed by atoms with van der Waals surface area (Å²) in [6.07, 6.45) is 2.20. The summed E-state index contributed by atoms with van der Waals surface area (Å²) >= 11 is 26.6. The fourth-order valence-corrected chi connectivity index (χ4v) is 6.35. The molecule has 8 heteroatoms. The molecule has 0 amide bonds. The van der Waals surface area contributed by atoms with Crippen molar-refractivity contribution in [1.82, 2.24) is 0 Å². The van der Waals surface area contributed by atoms with Crippen LogP contribution in [-0.2, 0) is 4.79 Å². The monoisotopic (exact) mass is 664 g/mol. The van der Waals surface area contributed by atoms with E-state index in [1.807, 2.05) is 36.4 Å². The third-order valence-electron chi connectivity index (χ3n) is 6.51. The van der Waals surface area contributed by atoms with Gasteiger partial charge in [-0.1, -0.05) is 101 Å². The zero-order valence-corrected chi connectivity index (χ0v) is 26.4.